The van der Waals surface area contributed by atoms with Gasteiger partial charge < -0.3 is 9.88 Å². The van der Waals surface area contributed by atoms with Gasteiger partial charge in [0.1, 0.15) is 17.0 Å². The fourth-order valence-electron chi connectivity index (χ4n) is 3.90. The van der Waals surface area contributed by atoms with Gasteiger partial charge in [-0.2, -0.15) is 0 Å². The summed E-state index contributed by atoms with van der Waals surface area (Å²) in [6.45, 7) is 5.23. The van der Waals surface area contributed by atoms with Crippen molar-refractivity contribution in [2.45, 2.75) is 13.5 Å². The zero-order valence-corrected chi connectivity index (χ0v) is 16.7. The highest BCUT2D eigenvalue weighted by molar-refractivity contribution is 5.93. The first-order valence-electron chi connectivity index (χ1n) is 10.0. The molecule has 1 aliphatic rings. The Bertz CT molecular complexity index is 1270. The molecule has 0 saturated carbocycles. The number of imidazole rings is 1. The first kappa shape index (κ1) is 18.5. The number of pyridine rings is 1. The molecule has 0 spiro atoms. The molecule has 0 radical (unpaired) electrons. The number of H-pyrrole nitrogens is 1. The van der Waals surface area contributed by atoms with Crippen LogP contribution in [0.5, 0.6) is 0 Å². The first-order chi connectivity index (χ1) is 14.6. The van der Waals surface area contributed by atoms with Gasteiger partial charge in [-0.1, -0.05) is 12.1 Å². The SMILES string of the molecule is Cc1ccn2c(=O)c(C(=O)N3CCN(Cc4nc5ccccc5[nH]4)CC3)cnc2c1. The number of fused-ring (bicyclic) bond motifs is 2. The maximum atomic E-state index is 12.9. The lowest BCUT2D eigenvalue weighted by Crippen LogP contribution is -2.49. The van der Waals surface area contributed by atoms with Gasteiger partial charge in [0, 0.05) is 38.6 Å². The third-order valence-corrected chi connectivity index (χ3v) is 5.57. The van der Waals surface area contributed by atoms with Crippen LogP contribution in [0.15, 0.2) is 53.6 Å². The van der Waals surface area contributed by atoms with Crippen LogP contribution >= 0.6 is 0 Å². The van der Waals surface area contributed by atoms with Gasteiger partial charge in [0.05, 0.1) is 17.6 Å². The van der Waals surface area contributed by atoms with Crippen LogP contribution in [-0.4, -0.2) is 61.2 Å². The van der Waals surface area contributed by atoms with Gasteiger partial charge in [-0.15, -0.1) is 0 Å². The van der Waals surface area contributed by atoms with E-state index >= 15 is 0 Å². The second-order valence-corrected chi connectivity index (χ2v) is 7.68. The maximum Gasteiger partial charge on any atom is 0.270 e. The number of aromatic amines is 1. The van der Waals surface area contributed by atoms with E-state index in [1.807, 2.05) is 43.3 Å². The van der Waals surface area contributed by atoms with Gasteiger partial charge in [0.2, 0.25) is 0 Å². The van der Waals surface area contributed by atoms with Crippen LogP contribution in [0.4, 0.5) is 0 Å². The summed E-state index contributed by atoms with van der Waals surface area (Å²) in [5.74, 6) is 0.661. The summed E-state index contributed by atoms with van der Waals surface area (Å²) >= 11 is 0. The lowest BCUT2D eigenvalue weighted by molar-refractivity contribution is 0.0623. The standard InChI is InChI=1S/C22H22N6O2/c1-15-6-7-28-20(12-15)23-13-16(22(28)30)21(29)27-10-8-26(9-11-27)14-19-24-17-4-2-3-5-18(17)25-19/h2-7,12-13H,8-11,14H2,1H3,(H,24,25). The molecule has 1 saturated heterocycles. The van der Waals surface area contributed by atoms with Gasteiger partial charge in [-0.3, -0.25) is 18.9 Å². The Morgan fingerprint density at radius 2 is 1.93 bits per heavy atom. The Balaban J connectivity index is 1.27. The van der Waals surface area contributed by atoms with E-state index in [1.54, 1.807) is 11.1 Å². The molecule has 3 aromatic heterocycles. The van der Waals surface area contributed by atoms with Crippen LogP contribution in [0.3, 0.4) is 0 Å². The number of para-hydroxylation sites is 2. The van der Waals surface area contributed by atoms with Gasteiger partial charge in [0.15, 0.2) is 0 Å². The monoisotopic (exact) mass is 402 g/mol. The number of rotatable bonds is 3. The number of carbonyl (C=O) groups excluding carboxylic acids is 1. The fourth-order valence-corrected chi connectivity index (χ4v) is 3.90. The number of hydrogen-bond acceptors (Lipinski definition) is 5. The number of aromatic nitrogens is 4. The van der Waals surface area contributed by atoms with Crippen molar-refractivity contribution < 1.29 is 4.79 Å². The Hall–Kier alpha value is -3.52. The molecule has 1 fully saturated rings. The van der Waals surface area contributed by atoms with Crippen molar-refractivity contribution in [3.63, 3.8) is 0 Å². The summed E-state index contributed by atoms with van der Waals surface area (Å²) in [6, 6.07) is 11.6. The number of nitrogens with zero attached hydrogens (tertiary/aromatic N) is 5. The maximum absolute atomic E-state index is 12.9. The highest BCUT2D eigenvalue weighted by Gasteiger charge is 2.25. The Labute approximate surface area is 172 Å². The first-order valence-corrected chi connectivity index (χ1v) is 10.0. The van der Waals surface area contributed by atoms with Gasteiger partial charge >= 0.3 is 0 Å². The smallest absolute Gasteiger partial charge is 0.270 e. The Morgan fingerprint density at radius 3 is 2.73 bits per heavy atom. The van der Waals surface area contributed by atoms with Crippen molar-refractivity contribution in [1.29, 1.82) is 0 Å². The van der Waals surface area contributed by atoms with Crippen molar-refractivity contribution in [3.05, 3.63) is 76.1 Å². The zero-order chi connectivity index (χ0) is 20.7. The van der Waals surface area contributed by atoms with E-state index in [0.29, 0.717) is 25.3 Å². The number of piperazine rings is 1. The molecule has 0 aliphatic carbocycles. The van der Waals surface area contributed by atoms with E-state index < -0.39 is 0 Å². The summed E-state index contributed by atoms with van der Waals surface area (Å²) in [5.41, 5.74) is 3.34. The summed E-state index contributed by atoms with van der Waals surface area (Å²) in [4.78, 5) is 42.0. The average Bonchev–Trinajstić information content (AvgIpc) is 3.16. The summed E-state index contributed by atoms with van der Waals surface area (Å²) in [6.07, 6.45) is 3.07. The van der Waals surface area contributed by atoms with Crippen LogP contribution in [-0.2, 0) is 6.54 Å². The molecule has 1 amide bonds. The highest BCUT2D eigenvalue weighted by atomic mass is 16.2. The van der Waals surface area contributed by atoms with Crippen molar-refractivity contribution in [3.8, 4) is 0 Å². The lowest BCUT2D eigenvalue weighted by atomic mass is 10.2. The minimum Gasteiger partial charge on any atom is -0.341 e. The van der Waals surface area contributed by atoms with Gasteiger partial charge in [-0.05, 0) is 36.8 Å². The normalized spacial score (nSPS) is 15.2. The van der Waals surface area contributed by atoms with Crippen molar-refractivity contribution in [2.24, 2.45) is 0 Å². The molecule has 152 valence electrons. The molecule has 1 N–H and O–H groups in total. The van der Waals surface area contributed by atoms with Crippen LogP contribution in [0.2, 0.25) is 0 Å². The molecule has 8 nitrogen and oxygen atoms in total. The van der Waals surface area contributed by atoms with Crippen molar-refractivity contribution in [1.82, 2.24) is 29.2 Å². The predicted molar refractivity (Wildman–Crippen MR) is 113 cm³/mol. The largest absolute Gasteiger partial charge is 0.341 e. The molecule has 0 unspecified atom stereocenters. The molecule has 4 aromatic rings. The quantitative estimate of drug-likeness (QED) is 0.565. The predicted octanol–water partition coefficient (Wildman–Crippen LogP) is 1.84. The molecule has 0 bridgehead atoms. The number of nitrogens with one attached hydrogen (secondary N) is 1. The summed E-state index contributed by atoms with van der Waals surface area (Å²) < 4.78 is 1.43. The van der Waals surface area contributed by atoms with E-state index in [9.17, 15) is 9.59 Å². The Morgan fingerprint density at radius 1 is 1.13 bits per heavy atom. The molecular weight excluding hydrogens is 380 g/mol. The molecule has 30 heavy (non-hydrogen) atoms. The second-order valence-electron chi connectivity index (χ2n) is 7.68. The van der Waals surface area contributed by atoms with Gasteiger partial charge in [0.25, 0.3) is 11.5 Å². The van der Waals surface area contributed by atoms with Crippen LogP contribution in [0.1, 0.15) is 21.7 Å². The topological polar surface area (TPSA) is 86.6 Å². The minimum absolute atomic E-state index is 0.113. The molecule has 8 heteroatoms. The van der Waals surface area contributed by atoms with E-state index in [0.717, 1.165) is 35.5 Å². The molecule has 1 aromatic carbocycles. The molecule has 0 atom stereocenters. The lowest BCUT2D eigenvalue weighted by Gasteiger charge is -2.34. The van der Waals surface area contributed by atoms with E-state index in [1.165, 1.54) is 10.6 Å². The van der Waals surface area contributed by atoms with Crippen LogP contribution < -0.4 is 5.56 Å². The fraction of sp³-hybridized carbons (Fsp3) is 0.273. The van der Waals surface area contributed by atoms with Crippen molar-refractivity contribution >= 4 is 22.6 Å². The minimum atomic E-state index is -0.324. The zero-order valence-electron chi connectivity index (χ0n) is 16.7. The second kappa shape index (κ2) is 7.38. The average molecular weight is 402 g/mol. The molecule has 5 rings (SSSR count). The summed E-state index contributed by atoms with van der Waals surface area (Å²) in [5, 5.41) is 0. The van der Waals surface area contributed by atoms with Crippen molar-refractivity contribution in [2.75, 3.05) is 26.2 Å². The highest BCUT2D eigenvalue weighted by Crippen LogP contribution is 2.14. The van der Waals surface area contributed by atoms with E-state index in [-0.39, 0.29) is 17.0 Å². The number of aryl methyl sites for hydroxylation is 1. The number of carbonyl (C=O) groups is 1. The van der Waals surface area contributed by atoms with E-state index in [4.69, 9.17) is 0 Å². The third-order valence-electron chi connectivity index (χ3n) is 5.57. The van der Waals surface area contributed by atoms with Crippen LogP contribution in [0.25, 0.3) is 16.7 Å². The summed E-state index contributed by atoms with van der Waals surface area (Å²) in [7, 11) is 0. The number of hydrogen-bond donors (Lipinski definition) is 1. The number of amides is 1. The Kier molecular flexibility index (Phi) is 4.55. The third kappa shape index (κ3) is 3.35. The molecular formula is C22H22N6O2. The van der Waals surface area contributed by atoms with E-state index in [2.05, 4.69) is 19.9 Å². The molecule has 4 heterocycles. The van der Waals surface area contributed by atoms with Gasteiger partial charge in [-0.25, -0.2) is 9.97 Å². The molecule has 1 aliphatic heterocycles. The van der Waals surface area contributed by atoms with Crippen LogP contribution in [0, 0.1) is 6.92 Å². The number of benzene rings is 1.